The molecule has 0 aromatic carbocycles. The summed E-state index contributed by atoms with van der Waals surface area (Å²) in [5.41, 5.74) is 0. The van der Waals surface area contributed by atoms with Crippen molar-refractivity contribution in [3.63, 3.8) is 0 Å². The highest BCUT2D eigenvalue weighted by atomic mass is 32.1. The minimum Gasteiger partial charge on any atom is -0.495 e. The van der Waals surface area contributed by atoms with Crippen LogP contribution in [-0.4, -0.2) is 42.1 Å². The van der Waals surface area contributed by atoms with Gasteiger partial charge in [0.1, 0.15) is 17.2 Å². The summed E-state index contributed by atoms with van der Waals surface area (Å²) in [5, 5.41) is 8.72. The fourth-order valence-corrected chi connectivity index (χ4v) is 2.37. The van der Waals surface area contributed by atoms with Gasteiger partial charge in [0.2, 0.25) is 0 Å². The molecule has 0 aliphatic carbocycles. The molecule has 5 nitrogen and oxygen atoms in total. The van der Waals surface area contributed by atoms with Gasteiger partial charge in [-0.05, 0) is 19.9 Å². The number of ether oxygens (including phenoxy) is 1. The number of carboxylic acids is 1. The van der Waals surface area contributed by atoms with Gasteiger partial charge in [0.05, 0.1) is 7.11 Å². The molecule has 0 radical (unpaired) electrons. The number of carbonyl (C=O) groups is 2. The van der Waals surface area contributed by atoms with Crippen molar-refractivity contribution in [3.05, 3.63) is 15.8 Å². The van der Waals surface area contributed by atoms with Crippen molar-refractivity contribution in [1.29, 1.82) is 0 Å². The van der Waals surface area contributed by atoms with Crippen LogP contribution in [-0.2, 0) is 4.79 Å². The van der Waals surface area contributed by atoms with Crippen molar-refractivity contribution >= 4 is 23.2 Å². The molecular weight excluding hydrogens is 242 g/mol. The Balaban J connectivity index is 2.96. The zero-order valence-electron chi connectivity index (χ0n) is 10.0. The summed E-state index contributed by atoms with van der Waals surface area (Å²) < 4.78 is 5.10. The van der Waals surface area contributed by atoms with E-state index in [9.17, 15) is 9.59 Å². The lowest BCUT2D eigenvalue weighted by atomic mass is 10.3. The third-order valence-corrected chi connectivity index (χ3v) is 3.25. The van der Waals surface area contributed by atoms with Gasteiger partial charge in [-0.25, -0.2) is 0 Å². The van der Waals surface area contributed by atoms with Crippen LogP contribution in [0.5, 0.6) is 5.75 Å². The van der Waals surface area contributed by atoms with Gasteiger partial charge in [-0.3, -0.25) is 9.59 Å². The predicted octanol–water partition coefficient (Wildman–Crippen LogP) is 1.61. The van der Waals surface area contributed by atoms with E-state index in [0.29, 0.717) is 17.2 Å². The summed E-state index contributed by atoms with van der Waals surface area (Å²) in [7, 11) is 1.49. The molecule has 1 heterocycles. The van der Waals surface area contributed by atoms with Crippen LogP contribution in [0.25, 0.3) is 0 Å². The number of hydrogen-bond acceptors (Lipinski definition) is 4. The summed E-state index contributed by atoms with van der Waals surface area (Å²) in [4.78, 5) is 25.4. The summed E-state index contributed by atoms with van der Waals surface area (Å²) >= 11 is 1.31. The Bertz CT molecular complexity index is 427. The molecule has 1 aromatic rings. The summed E-state index contributed by atoms with van der Waals surface area (Å²) in [6.07, 6.45) is 0. The number of amides is 1. The molecule has 1 rings (SSSR count). The molecule has 0 unspecified atom stereocenters. The van der Waals surface area contributed by atoms with Crippen LogP contribution < -0.4 is 4.74 Å². The number of thiophene rings is 1. The SMILES string of the molecule is CCN(CC(=O)O)C(=O)c1sc(C)cc1OC. The fraction of sp³-hybridized carbons (Fsp3) is 0.455. The average molecular weight is 257 g/mol. The van der Waals surface area contributed by atoms with Crippen molar-refractivity contribution in [3.8, 4) is 5.75 Å². The normalized spacial score (nSPS) is 10.1. The molecule has 0 bridgehead atoms. The van der Waals surface area contributed by atoms with Crippen LogP contribution in [0.2, 0.25) is 0 Å². The van der Waals surface area contributed by atoms with E-state index >= 15 is 0 Å². The maximum atomic E-state index is 12.1. The summed E-state index contributed by atoms with van der Waals surface area (Å²) in [6, 6.07) is 1.77. The number of aliphatic carboxylic acids is 1. The quantitative estimate of drug-likeness (QED) is 0.870. The molecular formula is C11H15NO4S. The highest BCUT2D eigenvalue weighted by Gasteiger charge is 2.22. The molecule has 1 amide bonds. The van der Waals surface area contributed by atoms with Crippen molar-refractivity contribution < 1.29 is 19.4 Å². The molecule has 0 aliphatic heterocycles. The standard InChI is InChI=1S/C11H15NO4S/c1-4-12(6-9(13)14)11(15)10-8(16-3)5-7(2)17-10/h5H,4,6H2,1-3H3,(H,13,14). The van der Waals surface area contributed by atoms with E-state index in [2.05, 4.69) is 0 Å². The fourth-order valence-electron chi connectivity index (χ4n) is 1.43. The number of nitrogens with zero attached hydrogens (tertiary/aromatic N) is 1. The Morgan fingerprint density at radius 3 is 2.65 bits per heavy atom. The van der Waals surface area contributed by atoms with E-state index in [1.807, 2.05) is 6.92 Å². The van der Waals surface area contributed by atoms with Crippen molar-refractivity contribution in [2.75, 3.05) is 20.2 Å². The molecule has 0 saturated carbocycles. The van der Waals surface area contributed by atoms with Crippen LogP contribution in [0.15, 0.2) is 6.07 Å². The first-order chi connectivity index (χ1) is 7.99. The van der Waals surface area contributed by atoms with Gasteiger partial charge in [-0.2, -0.15) is 0 Å². The molecule has 0 saturated heterocycles. The highest BCUT2D eigenvalue weighted by Crippen LogP contribution is 2.29. The van der Waals surface area contributed by atoms with E-state index in [-0.39, 0.29) is 12.5 Å². The lowest BCUT2D eigenvalue weighted by Crippen LogP contribution is -2.35. The predicted molar refractivity (Wildman–Crippen MR) is 64.8 cm³/mol. The second-order valence-corrected chi connectivity index (χ2v) is 4.72. The molecule has 0 atom stereocenters. The van der Waals surface area contributed by atoms with Gasteiger partial charge < -0.3 is 14.7 Å². The van der Waals surface area contributed by atoms with Crippen LogP contribution in [0.4, 0.5) is 0 Å². The molecule has 1 N–H and O–H groups in total. The topological polar surface area (TPSA) is 66.8 Å². The van der Waals surface area contributed by atoms with Crippen LogP contribution in [0.1, 0.15) is 21.5 Å². The third kappa shape index (κ3) is 3.20. The van der Waals surface area contributed by atoms with E-state index in [0.717, 1.165) is 4.88 Å². The molecule has 0 aliphatic rings. The number of methoxy groups -OCH3 is 1. The Morgan fingerprint density at radius 1 is 1.53 bits per heavy atom. The molecule has 94 valence electrons. The molecule has 17 heavy (non-hydrogen) atoms. The number of hydrogen-bond donors (Lipinski definition) is 1. The lowest BCUT2D eigenvalue weighted by molar-refractivity contribution is -0.137. The minimum atomic E-state index is -1.02. The number of likely N-dealkylation sites (N-methyl/N-ethyl adjacent to an activating group) is 1. The average Bonchev–Trinajstić information content (AvgIpc) is 2.66. The lowest BCUT2D eigenvalue weighted by Gasteiger charge is -2.18. The first-order valence-electron chi connectivity index (χ1n) is 5.15. The number of aryl methyl sites for hydroxylation is 1. The van der Waals surface area contributed by atoms with Gasteiger partial charge in [-0.15, -0.1) is 11.3 Å². The first-order valence-corrected chi connectivity index (χ1v) is 5.96. The van der Waals surface area contributed by atoms with Crippen molar-refractivity contribution in [2.24, 2.45) is 0 Å². The Morgan fingerprint density at radius 2 is 2.18 bits per heavy atom. The monoisotopic (exact) mass is 257 g/mol. The Kier molecular flexibility index (Phi) is 4.51. The zero-order chi connectivity index (χ0) is 13.0. The highest BCUT2D eigenvalue weighted by molar-refractivity contribution is 7.14. The molecule has 0 spiro atoms. The molecule has 0 fully saturated rings. The van der Waals surface area contributed by atoms with Gasteiger partial charge in [0.25, 0.3) is 5.91 Å². The van der Waals surface area contributed by atoms with E-state index < -0.39 is 5.97 Å². The first kappa shape index (κ1) is 13.5. The van der Waals surface area contributed by atoms with Gasteiger partial charge in [-0.1, -0.05) is 0 Å². The van der Waals surface area contributed by atoms with Gasteiger partial charge in [0, 0.05) is 11.4 Å². The van der Waals surface area contributed by atoms with Crippen LogP contribution in [0, 0.1) is 6.92 Å². The summed E-state index contributed by atoms with van der Waals surface area (Å²) in [5.74, 6) is -0.821. The number of carboxylic acid groups (broad SMARTS) is 1. The zero-order valence-corrected chi connectivity index (χ0v) is 10.8. The third-order valence-electron chi connectivity index (χ3n) is 2.23. The number of carbonyl (C=O) groups excluding carboxylic acids is 1. The molecule has 6 heteroatoms. The largest absolute Gasteiger partial charge is 0.495 e. The van der Waals surface area contributed by atoms with E-state index in [4.69, 9.17) is 9.84 Å². The Hall–Kier alpha value is -1.56. The van der Waals surface area contributed by atoms with E-state index in [1.54, 1.807) is 13.0 Å². The Labute approximate surface area is 104 Å². The van der Waals surface area contributed by atoms with E-state index in [1.165, 1.54) is 23.3 Å². The smallest absolute Gasteiger partial charge is 0.323 e. The van der Waals surface area contributed by atoms with Crippen molar-refractivity contribution in [2.45, 2.75) is 13.8 Å². The minimum absolute atomic E-state index is 0.296. The maximum Gasteiger partial charge on any atom is 0.323 e. The van der Waals surface area contributed by atoms with Gasteiger partial charge in [0.15, 0.2) is 0 Å². The van der Waals surface area contributed by atoms with Crippen LogP contribution in [0.3, 0.4) is 0 Å². The van der Waals surface area contributed by atoms with Gasteiger partial charge >= 0.3 is 5.97 Å². The second-order valence-electron chi connectivity index (χ2n) is 3.47. The summed E-state index contributed by atoms with van der Waals surface area (Å²) in [6.45, 7) is 3.67. The second kappa shape index (κ2) is 5.67. The van der Waals surface area contributed by atoms with Crippen LogP contribution >= 0.6 is 11.3 Å². The van der Waals surface area contributed by atoms with Crippen molar-refractivity contribution in [1.82, 2.24) is 4.90 Å². The number of rotatable bonds is 5. The molecule has 1 aromatic heterocycles. The maximum absolute atomic E-state index is 12.1.